The van der Waals surface area contributed by atoms with E-state index in [2.05, 4.69) is 26.2 Å². The minimum Gasteiger partial charge on any atom is -0.467 e. The van der Waals surface area contributed by atoms with Crippen molar-refractivity contribution < 1.29 is 13.2 Å². The monoisotopic (exact) mass is 497 g/mol. The molecule has 1 saturated heterocycles. The quantitative estimate of drug-likeness (QED) is 0.340. The number of nitrogens with zero attached hydrogens (tertiary/aromatic N) is 2. The summed E-state index contributed by atoms with van der Waals surface area (Å²) < 4.78 is 26.0. The number of thiocarbonyl (C=S) groups is 1. The average Bonchev–Trinajstić information content (AvgIpc) is 3.51. The zero-order valence-electron chi connectivity index (χ0n) is 16.2. The standard InChI is InChI=1S/C23H17BrFN3O2S/c24-17-12-14(25)6-7-16(17)19-8-9-20(30-19)22-21(18-5-1-2-10-26-18)27-23(31)28(22)13-15-4-3-11-29-15/h1-12,21-22H,13H2,(H,27,31)/t21-,22-/m0/s1. The predicted octanol–water partition coefficient (Wildman–Crippen LogP) is 6.01. The van der Waals surface area contributed by atoms with Gasteiger partial charge in [0.15, 0.2) is 5.11 Å². The van der Waals surface area contributed by atoms with E-state index in [0.717, 1.165) is 22.8 Å². The molecule has 1 N–H and O–H groups in total. The third kappa shape index (κ3) is 3.88. The molecule has 4 aromatic rings. The van der Waals surface area contributed by atoms with Crippen molar-refractivity contribution in [2.24, 2.45) is 0 Å². The summed E-state index contributed by atoms with van der Waals surface area (Å²) in [5, 5.41) is 3.98. The number of aromatic nitrogens is 1. The van der Waals surface area contributed by atoms with Gasteiger partial charge in [0.05, 0.1) is 24.5 Å². The summed E-state index contributed by atoms with van der Waals surface area (Å²) in [6.07, 6.45) is 3.40. The van der Waals surface area contributed by atoms with E-state index in [4.69, 9.17) is 21.1 Å². The second kappa shape index (κ2) is 8.28. The molecule has 1 aliphatic heterocycles. The molecular weight excluding hydrogens is 481 g/mol. The Morgan fingerprint density at radius 3 is 2.77 bits per heavy atom. The minimum absolute atomic E-state index is 0.195. The molecule has 0 aliphatic carbocycles. The highest BCUT2D eigenvalue weighted by Crippen LogP contribution is 2.42. The number of halogens is 2. The number of pyridine rings is 1. The van der Waals surface area contributed by atoms with Crippen molar-refractivity contribution in [1.29, 1.82) is 0 Å². The van der Waals surface area contributed by atoms with Crippen molar-refractivity contribution in [2.75, 3.05) is 0 Å². The maximum atomic E-state index is 13.5. The van der Waals surface area contributed by atoms with Crippen LogP contribution < -0.4 is 5.32 Å². The van der Waals surface area contributed by atoms with Crippen LogP contribution in [0.4, 0.5) is 4.39 Å². The summed E-state index contributed by atoms with van der Waals surface area (Å²) in [7, 11) is 0. The Bertz CT molecular complexity index is 1210. The van der Waals surface area contributed by atoms with Crippen molar-refractivity contribution in [1.82, 2.24) is 15.2 Å². The fourth-order valence-electron chi connectivity index (χ4n) is 3.80. The largest absolute Gasteiger partial charge is 0.467 e. The van der Waals surface area contributed by atoms with E-state index in [9.17, 15) is 4.39 Å². The van der Waals surface area contributed by atoms with Gasteiger partial charge in [-0.25, -0.2) is 4.39 Å². The average molecular weight is 498 g/mol. The van der Waals surface area contributed by atoms with Crippen molar-refractivity contribution in [3.05, 3.63) is 101 Å². The molecule has 4 heterocycles. The summed E-state index contributed by atoms with van der Waals surface area (Å²) in [6, 6.07) is 17.5. The van der Waals surface area contributed by atoms with Gasteiger partial charge in [-0.05, 0) is 82.7 Å². The van der Waals surface area contributed by atoms with Crippen molar-refractivity contribution in [2.45, 2.75) is 18.6 Å². The summed E-state index contributed by atoms with van der Waals surface area (Å²) in [6.45, 7) is 0.489. The zero-order chi connectivity index (χ0) is 21.4. The van der Waals surface area contributed by atoms with Crippen LogP contribution in [0.15, 0.2) is 86.4 Å². The van der Waals surface area contributed by atoms with E-state index in [-0.39, 0.29) is 17.9 Å². The first kappa shape index (κ1) is 20.0. The first-order valence-corrected chi connectivity index (χ1v) is 10.9. The highest BCUT2D eigenvalue weighted by molar-refractivity contribution is 9.10. The Morgan fingerprint density at radius 1 is 1.13 bits per heavy atom. The Kier molecular flexibility index (Phi) is 5.33. The third-order valence-corrected chi connectivity index (χ3v) is 6.23. The lowest BCUT2D eigenvalue weighted by Crippen LogP contribution is -2.28. The van der Waals surface area contributed by atoms with Crippen LogP contribution in [0.3, 0.4) is 0 Å². The number of furan rings is 2. The van der Waals surface area contributed by atoms with Crippen LogP contribution >= 0.6 is 28.1 Å². The van der Waals surface area contributed by atoms with Gasteiger partial charge in [-0.15, -0.1) is 0 Å². The third-order valence-electron chi connectivity index (χ3n) is 5.22. The van der Waals surface area contributed by atoms with Gasteiger partial charge < -0.3 is 19.1 Å². The maximum Gasteiger partial charge on any atom is 0.170 e. The second-order valence-corrected chi connectivity index (χ2v) is 8.40. The van der Waals surface area contributed by atoms with Crippen LogP contribution in [0, 0.1) is 5.82 Å². The van der Waals surface area contributed by atoms with E-state index in [1.807, 2.05) is 47.4 Å². The molecule has 1 aromatic carbocycles. The number of benzene rings is 1. The van der Waals surface area contributed by atoms with E-state index >= 15 is 0 Å². The summed E-state index contributed by atoms with van der Waals surface area (Å²) in [5.41, 5.74) is 1.63. The van der Waals surface area contributed by atoms with Gasteiger partial charge in [0, 0.05) is 16.2 Å². The number of rotatable bonds is 5. The molecule has 0 radical (unpaired) electrons. The van der Waals surface area contributed by atoms with Crippen LogP contribution in [0.2, 0.25) is 0 Å². The molecule has 0 amide bonds. The molecule has 3 aromatic heterocycles. The van der Waals surface area contributed by atoms with E-state index in [1.165, 1.54) is 12.1 Å². The zero-order valence-corrected chi connectivity index (χ0v) is 18.6. The molecule has 0 bridgehead atoms. The Morgan fingerprint density at radius 2 is 2.03 bits per heavy atom. The molecular formula is C23H17BrFN3O2S. The lowest BCUT2D eigenvalue weighted by atomic mass is 10.0. The molecule has 5 rings (SSSR count). The van der Waals surface area contributed by atoms with Gasteiger partial charge in [-0.3, -0.25) is 4.98 Å². The first-order chi connectivity index (χ1) is 15.1. The molecule has 156 valence electrons. The minimum atomic E-state index is -0.312. The lowest BCUT2D eigenvalue weighted by Gasteiger charge is -2.25. The van der Waals surface area contributed by atoms with Gasteiger partial charge in [0.25, 0.3) is 0 Å². The highest BCUT2D eigenvalue weighted by atomic mass is 79.9. The van der Waals surface area contributed by atoms with Crippen LogP contribution in [-0.4, -0.2) is 15.0 Å². The molecule has 1 fully saturated rings. The predicted molar refractivity (Wildman–Crippen MR) is 122 cm³/mol. The second-order valence-electron chi connectivity index (χ2n) is 7.16. The van der Waals surface area contributed by atoms with Crippen LogP contribution in [0.25, 0.3) is 11.3 Å². The molecule has 5 nitrogen and oxygen atoms in total. The summed E-state index contributed by atoms with van der Waals surface area (Å²) >= 11 is 9.08. The van der Waals surface area contributed by atoms with E-state index in [1.54, 1.807) is 18.5 Å². The van der Waals surface area contributed by atoms with Gasteiger partial charge in [0.1, 0.15) is 29.1 Å². The SMILES string of the molecule is Fc1ccc(-c2ccc([C@H]3[C@H](c4ccccn4)NC(=S)N3Cc3ccco3)o2)c(Br)c1. The molecule has 8 heteroatoms. The van der Waals surface area contributed by atoms with Crippen molar-refractivity contribution in [3.8, 4) is 11.3 Å². The molecule has 31 heavy (non-hydrogen) atoms. The number of nitrogens with one attached hydrogen (secondary N) is 1. The maximum absolute atomic E-state index is 13.5. The van der Waals surface area contributed by atoms with E-state index < -0.39 is 0 Å². The number of hydrogen-bond donors (Lipinski definition) is 1. The fourth-order valence-corrected chi connectivity index (χ4v) is 4.65. The first-order valence-electron chi connectivity index (χ1n) is 9.66. The van der Waals surface area contributed by atoms with Gasteiger partial charge in [-0.1, -0.05) is 6.07 Å². The van der Waals surface area contributed by atoms with Crippen molar-refractivity contribution >= 4 is 33.3 Å². The molecule has 2 atom stereocenters. The Labute approximate surface area is 192 Å². The molecule has 0 spiro atoms. The molecule has 0 saturated carbocycles. The summed E-state index contributed by atoms with van der Waals surface area (Å²) in [5.74, 6) is 1.84. The molecule has 1 aliphatic rings. The van der Waals surface area contributed by atoms with Crippen LogP contribution in [-0.2, 0) is 6.54 Å². The lowest BCUT2D eigenvalue weighted by molar-refractivity contribution is 0.253. The van der Waals surface area contributed by atoms with Crippen LogP contribution in [0.5, 0.6) is 0 Å². The Balaban J connectivity index is 1.55. The molecule has 0 unspecified atom stereocenters. The van der Waals surface area contributed by atoms with Gasteiger partial charge in [-0.2, -0.15) is 0 Å². The smallest absolute Gasteiger partial charge is 0.170 e. The fraction of sp³-hybridized carbons (Fsp3) is 0.130. The van der Waals surface area contributed by atoms with Crippen LogP contribution in [0.1, 0.15) is 29.3 Å². The van der Waals surface area contributed by atoms with Gasteiger partial charge >= 0.3 is 0 Å². The normalized spacial score (nSPS) is 18.4. The number of hydrogen-bond acceptors (Lipinski definition) is 4. The van der Waals surface area contributed by atoms with E-state index in [0.29, 0.717) is 21.9 Å². The Hall–Kier alpha value is -2.97. The van der Waals surface area contributed by atoms with Crippen molar-refractivity contribution in [3.63, 3.8) is 0 Å². The highest BCUT2D eigenvalue weighted by Gasteiger charge is 2.42. The topological polar surface area (TPSA) is 54.4 Å². The summed E-state index contributed by atoms with van der Waals surface area (Å²) in [4.78, 5) is 6.57. The van der Waals surface area contributed by atoms with Gasteiger partial charge in [0.2, 0.25) is 0 Å².